The summed E-state index contributed by atoms with van der Waals surface area (Å²) < 4.78 is 5.25. The lowest BCUT2D eigenvalue weighted by atomic mass is 10.1. The molecule has 0 radical (unpaired) electrons. The predicted octanol–water partition coefficient (Wildman–Crippen LogP) is 4.92. The van der Waals surface area contributed by atoms with E-state index in [2.05, 4.69) is 17.5 Å². The van der Waals surface area contributed by atoms with Gasteiger partial charge in [-0.3, -0.25) is 0 Å². The first-order valence-corrected chi connectivity index (χ1v) is 6.89. The average molecular weight is 303 g/mol. The first-order valence-electron chi connectivity index (χ1n) is 6.51. The third kappa shape index (κ3) is 4.45. The summed E-state index contributed by atoms with van der Waals surface area (Å²) in [5.41, 5.74) is 7.11. The molecule has 2 aromatic carbocycles. The van der Waals surface area contributed by atoms with Crippen LogP contribution in [0.4, 0.5) is 0 Å². The Hall–Kier alpha value is -2.10. The van der Waals surface area contributed by atoms with E-state index >= 15 is 0 Å². The van der Waals surface area contributed by atoms with Gasteiger partial charge >= 0.3 is 0 Å². The van der Waals surface area contributed by atoms with Gasteiger partial charge in [0.2, 0.25) is 0 Å². The van der Waals surface area contributed by atoms with Gasteiger partial charge < -0.3 is 10.3 Å². The SMILES string of the molecule is C=CC.CN.Clc1ccc2c(-c3ccccc3)noc2c1. The molecule has 21 heavy (non-hydrogen) atoms. The maximum atomic E-state index is 5.89. The van der Waals surface area contributed by atoms with Crippen molar-refractivity contribution in [2.45, 2.75) is 6.92 Å². The largest absolute Gasteiger partial charge is 0.356 e. The number of halogens is 1. The van der Waals surface area contributed by atoms with E-state index in [0.29, 0.717) is 10.6 Å². The second kappa shape index (κ2) is 8.95. The molecule has 110 valence electrons. The van der Waals surface area contributed by atoms with Gasteiger partial charge in [0.05, 0.1) is 0 Å². The molecule has 3 rings (SSSR count). The summed E-state index contributed by atoms with van der Waals surface area (Å²) in [5.74, 6) is 0. The molecule has 0 saturated carbocycles. The minimum atomic E-state index is 0.656. The highest BCUT2D eigenvalue weighted by atomic mass is 35.5. The molecule has 0 spiro atoms. The topological polar surface area (TPSA) is 52.0 Å². The molecule has 0 bridgehead atoms. The zero-order chi connectivity index (χ0) is 15.7. The van der Waals surface area contributed by atoms with Crippen LogP contribution in [0.1, 0.15) is 6.92 Å². The van der Waals surface area contributed by atoms with Gasteiger partial charge in [-0.05, 0) is 26.1 Å². The lowest BCUT2D eigenvalue weighted by Gasteiger charge is -1.95. The van der Waals surface area contributed by atoms with Crippen LogP contribution in [0.15, 0.2) is 65.7 Å². The molecule has 3 aromatic rings. The summed E-state index contributed by atoms with van der Waals surface area (Å²) in [6.45, 7) is 5.25. The molecule has 0 atom stereocenters. The Balaban J connectivity index is 0.000000395. The van der Waals surface area contributed by atoms with E-state index in [4.69, 9.17) is 16.1 Å². The van der Waals surface area contributed by atoms with Crippen LogP contribution in [-0.4, -0.2) is 12.2 Å². The fourth-order valence-electron chi connectivity index (χ4n) is 1.72. The Labute approximate surface area is 130 Å². The molecule has 1 heterocycles. The van der Waals surface area contributed by atoms with Crippen LogP contribution < -0.4 is 5.73 Å². The highest BCUT2D eigenvalue weighted by molar-refractivity contribution is 6.31. The highest BCUT2D eigenvalue weighted by Crippen LogP contribution is 2.29. The third-order valence-corrected chi connectivity index (χ3v) is 2.72. The Kier molecular flexibility index (Phi) is 7.23. The third-order valence-electron chi connectivity index (χ3n) is 2.48. The fourth-order valence-corrected chi connectivity index (χ4v) is 1.88. The number of hydrogen-bond acceptors (Lipinski definition) is 3. The van der Waals surface area contributed by atoms with Gasteiger partial charge in [0.15, 0.2) is 5.58 Å². The summed E-state index contributed by atoms with van der Waals surface area (Å²) in [6.07, 6.45) is 1.75. The van der Waals surface area contributed by atoms with Gasteiger partial charge in [-0.2, -0.15) is 0 Å². The van der Waals surface area contributed by atoms with Crippen LogP contribution in [0.5, 0.6) is 0 Å². The monoisotopic (exact) mass is 302 g/mol. The van der Waals surface area contributed by atoms with E-state index in [-0.39, 0.29) is 0 Å². The molecule has 3 nitrogen and oxygen atoms in total. The quantitative estimate of drug-likeness (QED) is 0.649. The number of aromatic nitrogens is 1. The number of fused-ring (bicyclic) bond motifs is 1. The van der Waals surface area contributed by atoms with Crippen molar-refractivity contribution < 1.29 is 4.52 Å². The molecule has 0 aliphatic heterocycles. The molecule has 0 amide bonds. The molecular weight excluding hydrogens is 284 g/mol. The van der Waals surface area contributed by atoms with Crippen LogP contribution in [0, 0.1) is 0 Å². The molecule has 4 heteroatoms. The fraction of sp³-hybridized carbons (Fsp3) is 0.118. The van der Waals surface area contributed by atoms with Crippen LogP contribution in [-0.2, 0) is 0 Å². The lowest BCUT2D eigenvalue weighted by Crippen LogP contribution is -1.76. The Morgan fingerprint density at radius 1 is 1.14 bits per heavy atom. The maximum absolute atomic E-state index is 5.89. The predicted molar refractivity (Wildman–Crippen MR) is 90.4 cm³/mol. The van der Waals surface area contributed by atoms with Crippen molar-refractivity contribution >= 4 is 22.6 Å². The molecule has 0 aliphatic carbocycles. The number of rotatable bonds is 1. The number of nitrogens with zero attached hydrogens (tertiary/aromatic N) is 1. The minimum absolute atomic E-state index is 0.656. The summed E-state index contributed by atoms with van der Waals surface area (Å²) in [6, 6.07) is 15.5. The van der Waals surface area contributed by atoms with Gasteiger partial charge in [-0.1, -0.05) is 53.2 Å². The summed E-state index contributed by atoms with van der Waals surface area (Å²) in [4.78, 5) is 0. The van der Waals surface area contributed by atoms with Crippen molar-refractivity contribution in [2.75, 3.05) is 7.05 Å². The average Bonchev–Trinajstić information content (AvgIpc) is 2.94. The normalized spacial score (nSPS) is 9.14. The molecule has 2 N–H and O–H groups in total. The summed E-state index contributed by atoms with van der Waals surface area (Å²) in [7, 11) is 1.50. The number of hydrogen-bond donors (Lipinski definition) is 1. The first-order chi connectivity index (χ1) is 10.3. The van der Waals surface area contributed by atoms with Gasteiger partial charge in [0, 0.05) is 22.0 Å². The van der Waals surface area contributed by atoms with Gasteiger partial charge in [-0.25, -0.2) is 0 Å². The van der Waals surface area contributed by atoms with Crippen molar-refractivity contribution in [1.82, 2.24) is 5.16 Å². The molecule has 0 aliphatic rings. The summed E-state index contributed by atoms with van der Waals surface area (Å²) in [5, 5.41) is 5.71. The minimum Gasteiger partial charge on any atom is -0.356 e. The van der Waals surface area contributed by atoms with Crippen LogP contribution >= 0.6 is 11.6 Å². The molecule has 0 fully saturated rings. The van der Waals surface area contributed by atoms with Crippen molar-refractivity contribution in [3.8, 4) is 11.3 Å². The second-order valence-electron chi connectivity index (χ2n) is 3.95. The lowest BCUT2D eigenvalue weighted by molar-refractivity contribution is 0.459. The summed E-state index contributed by atoms with van der Waals surface area (Å²) >= 11 is 5.89. The van der Waals surface area contributed by atoms with Crippen LogP contribution in [0.25, 0.3) is 22.2 Å². The standard InChI is InChI=1S/C13H8ClNO.C3H6.CH5N/c14-10-6-7-11-12(8-10)16-15-13(11)9-4-2-1-3-5-9;1-3-2;1-2/h1-8H;3H,1H2,2H3;2H2,1H3. The zero-order valence-electron chi connectivity index (χ0n) is 12.2. The molecule has 0 unspecified atom stereocenters. The number of benzene rings is 2. The number of nitrogens with two attached hydrogens (primary N) is 1. The van der Waals surface area contributed by atoms with Crippen LogP contribution in [0.3, 0.4) is 0 Å². The van der Waals surface area contributed by atoms with E-state index in [1.165, 1.54) is 7.05 Å². The highest BCUT2D eigenvalue weighted by Gasteiger charge is 2.09. The van der Waals surface area contributed by atoms with E-state index in [1.54, 1.807) is 12.1 Å². The number of allylic oxidation sites excluding steroid dienone is 1. The van der Waals surface area contributed by atoms with E-state index in [9.17, 15) is 0 Å². The smallest absolute Gasteiger partial charge is 0.169 e. The van der Waals surface area contributed by atoms with Crippen molar-refractivity contribution in [3.63, 3.8) is 0 Å². The Morgan fingerprint density at radius 3 is 2.38 bits per heavy atom. The van der Waals surface area contributed by atoms with Crippen molar-refractivity contribution in [3.05, 3.63) is 66.2 Å². The van der Waals surface area contributed by atoms with Crippen LogP contribution in [0.2, 0.25) is 5.02 Å². The molecular formula is C17H19ClN2O. The molecule has 0 saturated heterocycles. The van der Waals surface area contributed by atoms with E-state index < -0.39 is 0 Å². The maximum Gasteiger partial charge on any atom is 0.169 e. The molecule has 1 aromatic heterocycles. The van der Waals surface area contributed by atoms with Gasteiger partial charge in [-0.15, -0.1) is 6.58 Å². The van der Waals surface area contributed by atoms with Crippen molar-refractivity contribution in [1.29, 1.82) is 0 Å². The Bertz CT molecular complexity index is 678. The van der Waals surface area contributed by atoms with Gasteiger partial charge in [0.1, 0.15) is 5.69 Å². The first kappa shape index (κ1) is 17.0. The second-order valence-corrected chi connectivity index (χ2v) is 4.38. The Morgan fingerprint density at radius 2 is 1.76 bits per heavy atom. The van der Waals surface area contributed by atoms with Crippen molar-refractivity contribution in [2.24, 2.45) is 5.73 Å². The van der Waals surface area contributed by atoms with Gasteiger partial charge in [0.25, 0.3) is 0 Å². The van der Waals surface area contributed by atoms with E-state index in [0.717, 1.165) is 16.6 Å². The van der Waals surface area contributed by atoms with E-state index in [1.807, 2.05) is 49.4 Å². The zero-order valence-corrected chi connectivity index (χ0v) is 13.0.